The highest BCUT2D eigenvalue weighted by atomic mass is 16.3. The molecule has 9 rings (SSSR count). The van der Waals surface area contributed by atoms with Gasteiger partial charge >= 0.3 is 0 Å². The van der Waals surface area contributed by atoms with E-state index < -0.39 is 0 Å². The molecule has 238 valence electrons. The summed E-state index contributed by atoms with van der Waals surface area (Å²) in [6, 6.07) is 59.3. The van der Waals surface area contributed by atoms with E-state index in [0.717, 1.165) is 72.0 Å². The average molecular weight is 653 g/mol. The molecule has 0 bridgehead atoms. The fourth-order valence-electron chi connectivity index (χ4n) is 6.73. The first-order chi connectivity index (χ1) is 25.2. The zero-order valence-corrected chi connectivity index (χ0v) is 27.4. The second-order valence-electron chi connectivity index (χ2n) is 12.4. The number of benzene rings is 7. The van der Waals surface area contributed by atoms with Crippen molar-refractivity contribution < 1.29 is 4.42 Å². The lowest BCUT2D eigenvalue weighted by molar-refractivity contribution is 0.669. The van der Waals surface area contributed by atoms with Crippen molar-refractivity contribution in [1.82, 2.24) is 15.0 Å². The average Bonchev–Trinajstić information content (AvgIpc) is 3.59. The molecule has 51 heavy (non-hydrogen) atoms. The molecule has 2 heterocycles. The lowest BCUT2D eigenvalue weighted by Crippen LogP contribution is -2.00. The highest BCUT2D eigenvalue weighted by Crippen LogP contribution is 2.43. The number of aromatic nitrogens is 3. The SMILES string of the molecule is N#Cc1cccc(-c2cccc(-c3nc(-c4ccccc4)nc(-c4ccc5c(c4)oc4ccc(-c6ccccc6)c(-c6ccccc6)c45)n3)c2)c1. The summed E-state index contributed by atoms with van der Waals surface area (Å²) in [5.74, 6) is 1.68. The zero-order chi connectivity index (χ0) is 34.1. The van der Waals surface area contributed by atoms with Gasteiger partial charge in [0, 0.05) is 33.0 Å². The van der Waals surface area contributed by atoms with Crippen molar-refractivity contribution in [2.45, 2.75) is 0 Å². The van der Waals surface area contributed by atoms with Crippen molar-refractivity contribution in [3.8, 4) is 73.6 Å². The summed E-state index contributed by atoms with van der Waals surface area (Å²) >= 11 is 0. The minimum Gasteiger partial charge on any atom is -0.456 e. The van der Waals surface area contributed by atoms with Crippen LogP contribution in [0.15, 0.2) is 174 Å². The molecule has 0 fully saturated rings. The number of furan rings is 1. The van der Waals surface area contributed by atoms with Gasteiger partial charge in [-0.2, -0.15) is 5.26 Å². The molecule has 0 atom stereocenters. The number of hydrogen-bond donors (Lipinski definition) is 0. The Hall–Kier alpha value is -7.16. The molecule has 5 heteroatoms. The lowest BCUT2D eigenvalue weighted by Gasteiger charge is -2.12. The van der Waals surface area contributed by atoms with E-state index in [2.05, 4.69) is 84.9 Å². The van der Waals surface area contributed by atoms with Crippen molar-refractivity contribution in [3.63, 3.8) is 0 Å². The molecule has 0 aliphatic heterocycles. The van der Waals surface area contributed by atoms with Crippen LogP contribution in [0.3, 0.4) is 0 Å². The van der Waals surface area contributed by atoms with E-state index in [4.69, 9.17) is 19.4 Å². The summed E-state index contributed by atoms with van der Waals surface area (Å²) in [6.45, 7) is 0. The topological polar surface area (TPSA) is 75.6 Å². The maximum Gasteiger partial charge on any atom is 0.164 e. The fourth-order valence-corrected chi connectivity index (χ4v) is 6.73. The predicted molar refractivity (Wildman–Crippen MR) is 204 cm³/mol. The molecule has 0 radical (unpaired) electrons. The molecular weight excluding hydrogens is 625 g/mol. The largest absolute Gasteiger partial charge is 0.456 e. The quantitative estimate of drug-likeness (QED) is 0.179. The van der Waals surface area contributed by atoms with Gasteiger partial charge in [0.15, 0.2) is 17.5 Å². The second-order valence-corrected chi connectivity index (χ2v) is 12.4. The Morgan fingerprint density at radius 3 is 1.65 bits per heavy atom. The van der Waals surface area contributed by atoms with Crippen molar-refractivity contribution >= 4 is 21.9 Å². The van der Waals surface area contributed by atoms with Crippen molar-refractivity contribution in [3.05, 3.63) is 175 Å². The molecule has 9 aromatic rings. The first-order valence-electron chi connectivity index (χ1n) is 16.7. The highest BCUT2D eigenvalue weighted by Gasteiger charge is 2.19. The van der Waals surface area contributed by atoms with Crippen LogP contribution < -0.4 is 0 Å². The van der Waals surface area contributed by atoms with E-state index in [1.165, 1.54) is 0 Å². The van der Waals surface area contributed by atoms with Crippen LogP contribution in [0.1, 0.15) is 5.56 Å². The molecule has 0 amide bonds. The zero-order valence-electron chi connectivity index (χ0n) is 27.4. The molecule has 2 aromatic heterocycles. The monoisotopic (exact) mass is 652 g/mol. The number of rotatable bonds is 6. The number of nitrogens with zero attached hydrogens (tertiary/aromatic N) is 4. The minimum atomic E-state index is 0.548. The third kappa shape index (κ3) is 5.61. The molecule has 0 aliphatic carbocycles. The summed E-state index contributed by atoms with van der Waals surface area (Å²) < 4.78 is 6.59. The third-order valence-corrected chi connectivity index (χ3v) is 9.16. The maximum absolute atomic E-state index is 9.47. The Bertz CT molecular complexity index is 2750. The van der Waals surface area contributed by atoms with Crippen molar-refractivity contribution in [2.75, 3.05) is 0 Å². The van der Waals surface area contributed by atoms with Gasteiger partial charge in [0.2, 0.25) is 0 Å². The van der Waals surface area contributed by atoms with E-state index in [1.54, 1.807) is 6.07 Å². The van der Waals surface area contributed by atoms with Gasteiger partial charge in [0.1, 0.15) is 11.2 Å². The summed E-state index contributed by atoms with van der Waals surface area (Å²) in [5.41, 5.74) is 11.2. The van der Waals surface area contributed by atoms with Crippen LogP contribution >= 0.6 is 0 Å². The van der Waals surface area contributed by atoms with Gasteiger partial charge in [-0.15, -0.1) is 0 Å². The van der Waals surface area contributed by atoms with Crippen LogP contribution in [0, 0.1) is 11.3 Å². The van der Waals surface area contributed by atoms with E-state index in [0.29, 0.717) is 23.0 Å². The summed E-state index contributed by atoms with van der Waals surface area (Å²) in [5, 5.41) is 11.6. The van der Waals surface area contributed by atoms with Gasteiger partial charge in [-0.3, -0.25) is 0 Å². The normalized spacial score (nSPS) is 11.1. The molecule has 0 saturated heterocycles. The van der Waals surface area contributed by atoms with Gasteiger partial charge in [0.05, 0.1) is 11.6 Å². The van der Waals surface area contributed by atoms with Gasteiger partial charge in [-0.05, 0) is 64.2 Å². The summed E-state index contributed by atoms with van der Waals surface area (Å²) in [4.78, 5) is 15.0. The van der Waals surface area contributed by atoms with Gasteiger partial charge < -0.3 is 4.42 Å². The Kier molecular flexibility index (Phi) is 7.46. The third-order valence-electron chi connectivity index (χ3n) is 9.16. The van der Waals surface area contributed by atoms with Crippen LogP contribution in [0.5, 0.6) is 0 Å². The minimum absolute atomic E-state index is 0.548. The van der Waals surface area contributed by atoms with E-state index >= 15 is 0 Å². The van der Waals surface area contributed by atoms with Crippen LogP contribution in [-0.4, -0.2) is 15.0 Å². The molecule has 0 unspecified atom stereocenters. The second kappa shape index (κ2) is 12.7. The first kappa shape index (κ1) is 29.9. The first-order valence-corrected chi connectivity index (χ1v) is 16.7. The standard InChI is InChI=1S/C46H28N4O/c47-29-30-12-10-19-34(26-30)35-20-11-21-36(27-35)45-48-44(33-17-8-3-9-18-33)49-46(50-45)37-22-23-39-41(28-37)51-40-25-24-38(31-13-4-1-5-14-31)42(43(39)40)32-15-6-2-7-16-32/h1-28H. The molecule has 0 spiro atoms. The van der Waals surface area contributed by atoms with Gasteiger partial charge in [0.25, 0.3) is 0 Å². The van der Waals surface area contributed by atoms with Gasteiger partial charge in [-0.25, -0.2) is 15.0 Å². The van der Waals surface area contributed by atoms with Crippen molar-refractivity contribution in [1.29, 1.82) is 5.26 Å². The molecule has 0 saturated carbocycles. The predicted octanol–water partition coefficient (Wildman–Crippen LogP) is 11.6. The Balaban J connectivity index is 1.21. The summed E-state index contributed by atoms with van der Waals surface area (Å²) in [6.07, 6.45) is 0. The number of fused-ring (bicyclic) bond motifs is 3. The number of hydrogen-bond acceptors (Lipinski definition) is 5. The van der Waals surface area contributed by atoms with E-state index in [-0.39, 0.29) is 0 Å². The van der Waals surface area contributed by atoms with Crippen LogP contribution in [0.2, 0.25) is 0 Å². The number of nitriles is 1. The summed E-state index contributed by atoms with van der Waals surface area (Å²) in [7, 11) is 0. The maximum atomic E-state index is 9.47. The van der Waals surface area contributed by atoms with Crippen LogP contribution in [-0.2, 0) is 0 Å². The molecule has 0 N–H and O–H groups in total. The Morgan fingerprint density at radius 1 is 0.412 bits per heavy atom. The van der Waals surface area contributed by atoms with Crippen LogP contribution in [0.4, 0.5) is 0 Å². The molecule has 5 nitrogen and oxygen atoms in total. The Morgan fingerprint density at radius 2 is 0.961 bits per heavy atom. The van der Waals surface area contributed by atoms with E-state index in [1.807, 2.05) is 84.9 Å². The van der Waals surface area contributed by atoms with E-state index in [9.17, 15) is 5.26 Å². The molecular formula is C46H28N4O. The smallest absolute Gasteiger partial charge is 0.164 e. The van der Waals surface area contributed by atoms with Crippen LogP contribution in [0.25, 0.3) is 89.5 Å². The van der Waals surface area contributed by atoms with Gasteiger partial charge in [-0.1, -0.05) is 133 Å². The highest BCUT2D eigenvalue weighted by molar-refractivity contribution is 6.16. The molecule has 0 aliphatic rings. The molecule has 7 aromatic carbocycles. The Labute approximate surface area is 294 Å². The fraction of sp³-hybridized carbons (Fsp3) is 0. The van der Waals surface area contributed by atoms with Crippen molar-refractivity contribution in [2.24, 2.45) is 0 Å². The lowest BCUT2D eigenvalue weighted by atomic mass is 9.90.